The van der Waals surface area contributed by atoms with Crippen LogP contribution in [0.4, 0.5) is 0 Å². The van der Waals surface area contributed by atoms with E-state index in [1.54, 1.807) is 6.08 Å². The van der Waals surface area contributed by atoms with E-state index in [4.69, 9.17) is 9.57 Å². The quantitative estimate of drug-likeness (QED) is 0.801. The third kappa shape index (κ3) is 2.40. The highest BCUT2D eigenvalue weighted by atomic mass is 16.7. The van der Waals surface area contributed by atoms with Crippen LogP contribution in [0.1, 0.15) is 25.3 Å². The maximum atomic E-state index is 13.1. The van der Waals surface area contributed by atoms with Gasteiger partial charge in [-0.1, -0.05) is 43.3 Å². The third-order valence-corrected chi connectivity index (χ3v) is 5.57. The molecule has 0 amide bonds. The highest BCUT2D eigenvalue weighted by Crippen LogP contribution is 2.47. The molecule has 6 nitrogen and oxygen atoms in total. The summed E-state index contributed by atoms with van der Waals surface area (Å²) in [5, 5.41) is 11.1. The minimum absolute atomic E-state index is 0.160. The summed E-state index contributed by atoms with van der Waals surface area (Å²) in [6, 6.07) is 9.53. The molecule has 1 aliphatic heterocycles. The second-order valence-corrected chi connectivity index (χ2v) is 6.93. The van der Waals surface area contributed by atoms with E-state index < -0.39 is 29.2 Å². The first-order valence-corrected chi connectivity index (χ1v) is 8.88. The summed E-state index contributed by atoms with van der Waals surface area (Å²) in [5.74, 6) is -1.62. The number of benzene rings is 1. The number of fused-ring (bicyclic) bond motifs is 2. The van der Waals surface area contributed by atoms with Crippen LogP contribution in [0.15, 0.2) is 53.9 Å². The Hall–Kier alpha value is -2.44. The number of aliphatic hydroxyl groups is 1. The number of hydrogen-bond donors (Lipinski definition) is 2. The number of Topliss-reactive ketones (excluding diaryl/α,β-unsaturated/α-hetero) is 1. The summed E-state index contributed by atoms with van der Waals surface area (Å²) in [6.07, 6.45) is 3.64. The van der Waals surface area contributed by atoms with Crippen molar-refractivity contribution in [3.63, 3.8) is 0 Å². The van der Waals surface area contributed by atoms with Crippen LogP contribution in [0.3, 0.4) is 0 Å². The van der Waals surface area contributed by atoms with Crippen LogP contribution in [0.25, 0.3) is 0 Å². The van der Waals surface area contributed by atoms with E-state index in [1.807, 2.05) is 37.3 Å². The van der Waals surface area contributed by atoms with Crippen LogP contribution < -0.4 is 5.48 Å². The van der Waals surface area contributed by atoms with Crippen molar-refractivity contribution in [3.8, 4) is 0 Å². The van der Waals surface area contributed by atoms with Crippen LogP contribution in [0.5, 0.6) is 0 Å². The van der Waals surface area contributed by atoms with Gasteiger partial charge in [-0.25, -0.2) is 5.48 Å². The van der Waals surface area contributed by atoms with E-state index >= 15 is 0 Å². The molecule has 4 atom stereocenters. The molecule has 0 radical (unpaired) electrons. The number of carbonyl (C=O) groups excluding carboxylic acids is 2. The van der Waals surface area contributed by atoms with Gasteiger partial charge in [-0.3, -0.25) is 14.4 Å². The smallest absolute Gasteiger partial charge is 0.221 e. The van der Waals surface area contributed by atoms with Gasteiger partial charge in [0.1, 0.15) is 12.7 Å². The number of rotatable bonds is 4. The van der Waals surface area contributed by atoms with Gasteiger partial charge in [0.05, 0.1) is 5.57 Å². The molecule has 0 aromatic heterocycles. The zero-order valence-corrected chi connectivity index (χ0v) is 14.5. The van der Waals surface area contributed by atoms with Gasteiger partial charge >= 0.3 is 0 Å². The molecule has 0 spiro atoms. The molecular weight excluding hydrogens is 334 g/mol. The molecule has 3 aliphatic rings. The lowest BCUT2D eigenvalue weighted by atomic mass is 9.60. The molecule has 1 saturated carbocycles. The van der Waals surface area contributed by atoms with Crippen molar-refractivity contribution in [1.29, 1.82) is 0 Å². The molecule has 1 aromatic carbocycles. The standard InChI is InChI=1S/C20H21NO5/c1-2-13-14-9-6-10-15(22)20(14,24)18(23)16-17(13)26-21-19(16)25-11-12-7-4-3-5-8-12/h3-8,10,13-14,17,21,24H,2,9,11H2,1H3. The lowest BCUT2D eigenvalue weighted by Crippen LogP contribution is -2.62. The molecule has 1 aromatic rings. The Morgan fingerprint density at radius 3 is 2.81 bits per heavy atom. The second kappa shape index (κ2) is 6.37. The van der Waals surface area contributed by atoms with E-state index in [0.717, 1.165) is 5.56 Å². The summed E-state index contributed by atoms with van der Waals surface area (Å²) in [4.78, 5) is 31.2. The maximum Gasteiger partial charge on any atom is 0.221 e. The van der Waals surface area contributed by atoms with Crippen LogP contribution in [-0.4, -0.2) is 28.4 Å². The number of hydrogen-bond acceptors (Lipinski definition) is 6. The Morgan fingerprint density at radius 2 is 2.08 bits per heavy atom. The van der Waals surface area contributed by atoms with Gasteiger partial charge in [0.2, 0.25) is 11.7 Å². The van der Waals surface area contributed by atoms with Gasteiger partial charge in [0.25, 0.3) is 0 Å². The van der Waals surface area contributed by atoms with E-state index in [2.05, 4.69) is 5.48 Å². The summed E-state index contributed by atoms with van der Waals surface area (Å²) >= 11 is 0. The number of ketones is 2. The van der Waals surface area contributed by atoms with Gasteiger partial charge in [-0.05, 0) is 30.4 Å². The number of ether oxygens (including phenoxy) is 1. The van der Waals surface area contributed by atoms with E-state index in [1.165, 1.54) is 6.08 Å². The fourth-order valence-electron chi connectivity index (χ4n) is 4.21. The lowest BCUT2D eigenvalue weighted by Gasteiger charge is -2.45. The SMILES string of the molecule is CCC1C2ONC(OCc3ccccc3)=C2C(=O)C2(O)C(=O)C=CCC12. The van der Waals surface area contributed by atoms with E-state index in [9.17, 15) is 14.7 Å². The van der Waals surface area contributed by atoms with Crippen molar-refractivity contribution >= 4 is 11.6 Å². The Kier molecular flexibility index (Phi) is 4.17. The number of hydroxylamine groups is 1. The van der Waals surface area contributed by atoms with Gasteiger partial charge in [0, 0.05) is 5.92 Å². The largest absolute Gasteiger partial charge is 0.473 e. The number of nitrogens with one attached hydrogen (secondary N) is 1. The first-order valence-electron chi connectivity index (χ1n) is 8.88. The fourth-order valence-corrected chi connectivity index (χ4v) is 4.21. The van der Waals surface area contributed by atoms with Crippen molar-refractivity contribution < 1.29 is 24.3 Å². The predicted molar refractivity (Wildman–Crippen MR) is 92.3 cm³/mol. The molecule has 0 bridgehead atoms. The normalized spacial score (nSPS) is 32.9. The van der Waals surface area contributed by atoms with Crippen LogP contribution in [0, 0.1) is 11.8 Å². The Morgan fingerprint density at radius 1 is 1.31 bits per heavy atom. The average molecular weight is 355 g/mol. The van der Waals surface area contributed by atoms with E-state index in [-0.39, 0.29) is 24.0 Å². The molecule has 26 heavy (non-hydrogen) atoms. The molecule has 2 aliphatic carbocycles. The summed E-state index contributed by atoms with van der Waals surface area (Å²) in [6.45, 7) is 2.22. The molecule has 0 saturated heterocycles. The minimum Gasteiger partial charge on any atom is -0.473 e. The molecular formula is C20H21NO5. The fraction of sp³-hybridized carbons (Fsp3) is 0.400. The zero-order valence-electron chi connectivity index (χ0n) is 14.5. The summed E-state index contributed by atoms with van der Waals surface area (Å²) in [5.41, 5.74) is 1.84. The topological polar surface area (TPSA) is 84.9 Å². The lowest BCUT2D eigenvalue weighted by molar-refractivity contribution is -0.165. The highest BCUT2D eigenvalue weighted by molar-refractivity contribution is 6.22. The molecule has 4 unspecified atom stereocenters. The predicted octanol–water partition coefficient (Wildman–Crippen LogP) is 1.80. The van der Waals surface area contributed by atoms with Crippen LogP contribution in [0.2, 0.25) is 0 Å². The maximum absolute atomic E-state index is 13.1. The van der Waals surface area contributed by atoms with Gasteiger partial charge in [-0.2, -0.15) is 0 Å². The number of allylic oxidation sites excluding steroid dienone is 1. The Labute approximate surface area is 151 Å². The monoisotopic (exact) mass is 355 g/mol. The molecule has 4 rings (SSSR count). The minimum atomic E-state index is -2.03. The average Bonchev–Trinajstić information content (AvgIpc) is 3.08. The van der Waals surface area contributed by atoms with Crippen molar-refractivity contribution in [2.75, 3.05) is 0 Å². The van der Waals surface area contributed by atoms with Crippen LogP contribution in [-0.2, 0) is 25.8 Å². The third-order valence-electron chi connectivity index (χ3n) is 5.57. The van der Waals surface area contributed by atoms with E-state index in [0.29, 0.717) is 12.8 Å². The Bertz CT molecular complexity index is 800. The molecule has 1 fully saturated rings. The molecule has 1 heterocycles. The van der Waals surface area contributed by atoms with Crippen molar-refractivity contribution in [1.82, 2.24) is 5.48 Å². The molecule has 136 valence electrons. The summed E-state index contributed by atoms with van der Waals surface area (Å²) in [7, 11) is 0. The van der Waals surface area contributed by atoms with Gasteiger partial charge in [0.15, 0.2) is 11.4 Å². The van der Waals surface area contributed by atoms with Gasteiger partial charge < -0.3 is 9.84 Å². The van der Waals surface area contributed by atoms with Gasteiger partial charge in [-0.15, -0.1) is 0 Å². The molecule has 2 N–H and O–H groups in total. The number of carbonyl (C=O) groups is 2. The first kappa shape index (κ1) is 17.0. The first-order chi connectivity index (χ1) is 12.6. The van der Waals surface area contributed by atoms with Crippen molar-refractivity contribution in [2.24, 2.45) is 11.8 Å². The Balaban J connectivity index is 1.69. The van der Waals surface area contributed by atoms with Crippen molar-refractivity contribution in [3.05, 3.63) is 59.5 Å². The molecule has 6 heteroatoms. The second-order valence-electron chi connectivity index (χ2n) is 6.93. The van der Waals surface area contributed by atoms with Crippen molar-refractivity contribution in [2.45, 2.75) is 38.1 Å². The zero-order chi connectivity index (χ0) is 18.3. The highest BCUT2D eigenvalue weighted by Gasteiger charge is 2.62. The summed E-state index contributed by atoms with van der Waals surface area (Å²) < 4.78 is 5.76. The van der Waals surface area contributed by atoms with Crippen LogP contribution >= 0.6 is 0 Å².